The summed E-state index contributed by atoms with van der Waals surface area (Å²) in [5.41, 5.74) is 3.09. The molecule has 0 bridgehead atoms. The largest absolute Gasteiger partial charge is 0.478 e. The van der Waals surface area contributed by atoms with Crippen LogP contribution in [0.1, 0.15) is 32.0 Å². The van der Waals surface area contributed by atoms with Crippen molar-refractivity contribution in [1.82, 2.24) is 0 Å². The molecular weight excluding hydrogens is 294 g/mol. The maximum absolute atomic E-state index is 12.3. The number of fused-ring (bicyclic) bond motifs is 1. The first-order chi connectivity index (χ1) is 11.0. The molecule has 0 aliphatic carbocycles. The fraction of sp³-hybridized carbons (Fsp3) is 0.111. The third kappa shape index (κ3) is 2.81. The first-order valence-corrected chi connectivity index (χ1v) is 7.10. The van der Waals surface area contributed by atoms with Gasteiger partial charge in [0.1, 0.15) is 5.58 Å². The van der Waals surface area contributed by atoms with Gasteiger partial charge in [0.05, 0.1) is 11.3 Å². The van der Waals surface area contributed by atoms with Gasteiger partial charge in [-0.25, -0.2) is 4.79 Å². The number of hydrogen-bond donors (Lipinski definition) is 2. The first-order valence-electron chi connectivity index (χ1n) is 7.10. The van der Waals surface area contributed by atoms with Crippen molar-refractivity contribution in [2.24, 2.45) is 0 Å². The first kappa shape index (κ1) is 14.8. The van der Waals surface area contributed by atoms with Gasteiger partial charge in [-0.15, -0.1) is 0 Å². The van der Waals surface area contributed by atoms with Gasteiger partial charge in [0.25, 0.3) is 5.91 Å². The maximum Gasteiger partial charge on any atom is 0.337 e. The molecule has 116 valence electrons. The highest BCUT2D eigenvalue weighted by atomic mass is 16.4. The molecule has 1 amide bonds. The number of aryl methyl sites for hydroxylation is 2. The number of carbonyl (C=O) groups is 2. The molecule has 5 nitrogen and oxygen atoms in total. The van der Waals surface area contributed by atoms with Crippen molar-refractivity contribution in [2.75, 3.05) is 5.32 Å². The normalized spacial score (nSPS) is 10.7. The molecule has 1 aromatic heterocycles. The van der Waals surface area contributed by atoms with Crippen LogP contribution in [0.5, 0.6) is 0 Å². The average Bonchev–Trinajstić information content (AvgIpc) is 2.91. The molecular formula is C18H15NO4. The van der Waals surface area contributed by atoms with Gasteiger partial charge in [-0.1, -0.05) is 12.1 Å². The van der Waals surface area contributed by atoms with Gasteiger partial charge >= 0.3 is 5.97 Å². The topological polar surface area (TPSA) is 79.5 Å². The number of amides is 1. The number of carboxylic acids is 1. The molecule has 0 saturated carbocycles. The number of furan rings is 1. The van der Waals surface area contributed by atoms with E-state index in [0.717, 1.165) is 16.5 Å². The molecule has 0 spiro atoms. The molecule has 0 saturated heterocycles. The zero-order chi connectivity index (χ0) is 16.6. The van der Waals surface area contributed by atoms with Gasteiger partial charge in [0, 0.05) is 5.39 Å². The summed E-state index contributed by atoms with van der Waals surface area (Å²) in [6.07, 6.45) is 0. The minimum atomic E-state index is -1.10. The van der Waals surface area contributed by atoms with Crippen LogP contribution in [-0.2, 0) is 0 Å². The number of anilines is 1. The Labute approximate surface area is 132 Å². The summed E-state index contributed by atoms with van der Waals surface area (Å²) in [6.45, 7) is 3.96. The standard InChI is InChI=1S/C18H15NO4/c1-10-7-12-9-16(23-15(12)8-11(10)2)17(20)19-14-6-4-3-5-13(14)18(21)22/h3-9H,1-2H3,(H,19,20)(H,21,22). The predicted octanol–water partition coefficient (Wildman–Crippen LogP) is 4.00. The van der Waals surface area contributed by atoms with E-state index in [1.807, 2.05) is 26.0 Å². The van der Waals surface area contributed by atoms with Crippen molar-refractivity contribution in [1.29, 1.82) is 0 Å². The van der Waals surface area contributed by atoms with Gasteiger partial charge in [-0.3, -0.25) is 4.79 Å². The van der Waals surface area contributed by atoms with Crippen molar-refractivity contribution in [3.05, 3.63) is 64.9 Å². The Balaban J connectivity index is 1.94. The Hall–Kier alpha value is -3.08. The van der Waals surface area contributed by atoms with Crippen LogP contribution in [0.25, 0.3) is 11.0 Å². The van der Waals surface area contributed by atoms with Crippen LogP contribution in [0.4, 0.5) is 5.69 Å². The summed E-state index contributed by atoms with van der Waals surface area (Å²) in [4.78, 5) is 23.5. The van der Waals surface area contributed by atoms with Crippen LogP contribution >= 0.6 is 0 Å². The molecule has 3 aromatic rings. The lowest BCUT2D eigenvalue weighted by Crippen LogP contribution is -2.14. The number of nitrogens with one attached hydrogen (secondary N) is 1. The van der Waals surface area contributed by atoms with E-state index < -0.39 is 11.9 Å². The molecule has 0 fully saturated rings. The van der Waals surface area contributed by atoms with Crippen molar-refractivity contribution in [3.8, 4) is 0 Å². The number of hydrogen-bond acceptors (Lipinski definition) is 3. The highest BCUT2D eigenvalue weighted by molar-refractivity contribution is 6.07. The molecule has 2 N–H and O–H groups in total. The Morgan fingerprint density at radius 3 is 2.48 bits per heavy atom. The van der Waals surface area contributed by atoms with Crippen LogP contribution in [0.3, 0.4) is 0 Å². The Kier molecular flexibility index (Phi) is 3.62. The highest BCUT2D eigenvalue weighted by Gasteiger charge is 2.16. The van der Waals surface area contributed by atoms with E-state index in [2.05, 4.69) is 5.32 Å². The minimum Gasteiger partial charge on any atom is -0.478 e. The predicted molar refractivity (Wildman–Crippen MR) is 87.0 cm³/mol. The van der Waals surface area contributed by atoms with Gasteiger partial charge in [0.15, 0.2) is 5.76 Å². The lowest BCUT2D eigenvalue weighted by molar-refractivity contribution is 0.0698. The van der Waals surface area contributed by atoms with Crippen LogP contribution in [0.15, 0.2) is 46.9 Å². The summed E-state index contributed by atoms with van der Waals surface area (Å²) in [6, 6.07) is 11.7. The molecule has 0 radical (unpaired) electrons. The summed E-state index contributed by atoms with van der Waals surface area (Å²) in [7, 11) is 0. The SMILES string of the molecule is Cc1cc2cc(C(=O)Nc3ccccc3C(=O)O)oc2cc1C. The van der Waals surface area contributed by atoms with Crippen LogP contribution in [-0.4, -0.2) is 17.0 Å². The zero-order valence-electron chi connectivity index (χ0n) is 12.7. The lowest BCUT2D eigenvalue weighted by atomic mass is 10.1. The van der Waals surface area contributed by atoms with Gasteiger partial charge < -0.3 is 14.8 Å². The van der Waals surface area contributed by atoms with Gasteiger partial charge in [-0.05, 0) is 55.3 Å². The van der Waals surface area contributed by atoms with Gasteiger partial charge in [0.2, 0.25) is 0 Å². The molecule has 3 rings (SSSR count). The molecule has 5 heteroatoms. The van der Waals surface area contributed by atoms with Crippen molar-refractivity contribution in [3.63, 3.8) is 0 Å². The Morgan fingerprint density at radius 2 is 1.74 bits per heavy atom. The monoisotopic (exact) mass is 309 g/mol. The number of carboxylic acid groups (broad SMARTS) is 1. The molecule has 1 heterocycles. The highest BCUT2D eigenvalue weighted by Crippen LogP contribution is 2.24. The second-order valence-electron chi connectivity index (χ2n) is 5.39. The van der Waals surface area contributed by atoms with Crippen LogP contribution in [0.2, 0.25) is 0 Å². The summed E-state index contributed by atoms with van der Waals surface area (Å²) < 4.78 is 5.58. The Bertz CT molecular complexity index is 885. The van der Waals surface area contributed by atoms with Crippen LogP contribution < -0.4 is 5.32 Å². The summed E-state index contributed by atoms with van der Waals surface area (Å²) in [5, 5.41) is 12.6. The molecule has 0 atom stereocenters. The van der Waals surface area contributed by atoms with E-state index in [0.29, 0.717) is 5.58 Å². The van der Waals surface area contributed by atoms with Crippen molar-refractivity contribution >= 4 is 28.5 Å². The Morgan fingerprint density at radius 1 is 1.04 bits per heavy atom. The fourth-order valence-corrected chi connectivity index (χ4v) is 2.38. The molecule has 0 unspecified atom stereocenters. The second-order valence-corrected chi connectivity index (χ2v) is 5.39. The number of benzene rings is 2. The van der Waals surface area contributed by atoms with E-state index in [1.165, 1.54) is 12.1 Å². The smallest absolute Gasteiger partial charge is 0.337 e. The van der Waals surface area contributed by atoms with E-state index in [9.17, 15) is 9.59 Å². The van der Waals surface area contributed by atoms with Crippen molar-refractivity contribution < 1.29 is 19.1 Å². The fourth-order valence-electron chi connectivity index (χ4n) is 2.38. The van der Waals surface area contributed by atoms with Crippen LogP contribution in [0, 0.1) is 13.8 Å². The zero-order valence-corrected chi connectivity index (χ0v) is 12.7. The number of para-hydroxylation sites is 1. The summed E-state index contributed by atoms with van der Waals surface area (Å²) in [5.74, 6) is -1.44. The third-order valence-corrected chi connectivity index (χ3v) is 3.76. The average molecular weight is 309 g/mol. The molecule has 0 aliphatic rings. The second kappa shape index (κ2) is 5.61. The van der Waals surface area contributed by atoms with E-state index >= 15 is 0 Å². The summed E-state index contributed by atoms with van der Waals surface area (Å²) >= 11 is 0. The number of carbonyl (C=O) groups excluding carboxylic acids is 1. The minimum absolute atomic E-state index is 0.0312. The molecule has 0 aliphatic heterocycles. The lowest BCUT2D eigenvalue weighted by Gasteiger charge is -2.06. The van der Waals surface area contributed by atoms with E-state index in [1.54, 1.807) is 18.2 Å². The van der Waals surface area contributed by atoms with E-state index in [4.69, 9.17) is 9.52 Å². The molecule has 2 aromatic carbocycles. The van der Waals surface area contributed by atoms with Gasteiger partial charge in [-0.2, -0.15) is 0 Å². The third-order valence-electron chi connectivity index (χ3n) is 3.76. The molecule has 23 heavy (non-hydrogen) atoms. The maximum atomic E-state index is 12.3. The number of aromatic carboxylic acids is 1. The quantitative estimate of drug-likeness (QED) is 0.766. The van der Waals surface area contributed by atoms with E-state index in [-0.39, 0.29) is 17.0 Å². The number of rotatable bonds is 3. The van der Waals surface area contributed by atoms with Crippen molar-refractivity contribution in [2.45, 2.75) is 13.8 Å².